The summed E-state index contributed by atoms with van der Waals surface area (Å²) in [5.41, 5.74) is 2.27. The molecule has 0 bridgehead atoms. The maximum absolute atomic E-state index is 10.5. The summed E-state index contributed by atoms with van der Waals surface area (Å²) < 4.78 is 0. The van der Waals surface area contributed by atoms with Crippen molar-refractivity contribution < 1.29 is 9.90 Å². The van der Waals surface area contributed by atoms with Gasteiger partial charge in [0.05, 0.1) is 5.57 Å². The van der Waals surface area contributed by atoms with E-state index in [0.29, 0.717) is 11.1 Å². The lowest BCUT2D eigenvalue weighted by molar-refractivity contribution is -0.132. The lowest BCUT2D eigenvalue weighted by Crippen LogP contribution is -1.95. The number of carbonyl (C=O) groups is 1. The van der Waals surface area contributed by atoms with Gasteiger partial charge in [-0.3, -0.25) is 0 Å². The van der Waals surface area contributed by atoms with Gasteiger partial charge in [0, 0.05) is 0 Å². The smallest absolute Gasteiger partial charge is 0.335 e. The Kier molecular flexibility index (Phi) is 5.57. The van der Waals surface area contributed by atoms with Crippen LogP contribution in [0.15, 0.2) is 72.9 Å². The van der Waals surface area contributed by atoms with Gasteiger partial charge in [-0.05, 0) is 24.1 Å². The Morgan fingerprint density at radius 1 is 0.875 bits per heavy atom. The van der Waals surface area contributed by atoms with Crippen molar-refractivity contribution in [1.82, 2.24) is 0 Å². The van der Waals surface area contributed by atoms with Crippen LogP contribution in [0.4, 0.5) is 0 Å². The van der Waals surface area contributed by atoms with Crippen molar-refractivity contribution in [2.45, 2.75) is 6.92 Å². The normalized spacial score (nSPS) is 10.6. The van der Waals surface area contributed by atoms with Crippen LogP contribution in [0.2, 0.25) is 0 Å². The van der Waals surface area contributed by atoms with Gasteiger partial charge in [-0.25, -0.2) is 4.79 Å². The molecule has 0 aromatic heterocycles. The van der Waals surface area contributed by atoms with Gasteiger partial charge in [-0.15, -0.1) is 0 Å². The van der Waals surface area contributed by atoms with E-state index < -0.39 is 5.97 Å². The summed E-state index contributed by atoms with van der Waals surface area (Å²) in [6, 6.07) is 0. The van der Waals surface area contributed by atoms with Crippen LogP contribution in [-0.4, -0.2) is 11.1 Å². The minimum Gasteiger partial charge on any atom is -0.478 e. The number of hydrogen-bond donors (Lipinski definition) is 1. The Morgan fingerprint density at radius 2 is 1.25 bits per heavy atom. The Morgan fingerprint density at radius 3 is 1.62 bits per heavy atom. The molecule has 1 N–H and O–H groups in total. The molecule has 0 fully saturated rings. The van der Waals surface area contributed by atoms with Gasteiger partial charge in [-0.1, -0.05) is 50.1 Å². The molecule has 0 amide bonds. The average Bonchev–Trinajstić information content (AvgIpc) is 2.21. The minimum atomic E-state index is -1.05. The van der Waals surface area contributed by atoms with Crippen LogP contribution in [-0.2, 0) is 4.79 Å². The van der Waals surface area contributed by atoms with E-state index >= 15 is 0 Å². The molecule has 84 valence electrons. The summed E-state index contributed by atoms with van der Waals surface area (Å²) in [6.07, 6.45) is 6.55. The molecule has 0 saturated carbocycles. The number of carboxylic acid groups (broad SMARTS) is 1. The van der Waals surface area contributed by atoms with Crippen molar-refractivity contribution >= 4 is 5.97 Å². The second kappa shape index (κ2) is 6.40. The molecule has 0 aromatic rings. The number of aliphatic carboxylic acids is 1. The van der Waals surface area contributed by atoms with Crippen LogP contribution in [0.5, 0.6) is 0 Å². The Bertz CT molecular complexity index is 406. The highest BCUT2D eigenvalue weighted by Crippen LogP contribution is 2.10. The predicted octanol–water partition coefficient (Wildman–Crippen LogP) is 3.43. The third-order valence-electron chi connectivity index (χ3n) is 1.74. The average molecular weight is 216 g/mol. The summed E-state index contributed by atoms with van der Waals surface area (Å²) in [6.45, 7) is 16.5. The molecule has 2 heteroatoms. The monoisotopic (exact) mass is 216 g/mol. The zero-order chi connectivity index (χ0) is 12.7. The maximum Gasteiger partial charge on any atom is 0.335 e. The van der Waals surface area contributed by atoms with Gasteiger partial charge in [0.1, 0.15) is 0 Å². The first-order chi connectivity index (χ1) is 7.34. The van der Waals surface area contributed by atoms with E-state index in [1.807, 2.05) is 13.0 Å². The Balaban J connectivity index is 4.49. The maximum atomic E-state index is 10.5. The second-order valence-electron chi connectivity index (χ2n) is 3.39. The van der Waals surface area contributed by atoms with Crippen molar-refractivity contribution in [2.24, 2.45) is 0 Å². The van der Waals surface area contributed by atoms with E-state index in [1.54, 1.807) is 12.2 Å². The second-order valence-corrected chi connectivity index (χ2v) is 3.39. The molecule has 0 heterocycles. The molecule has 0 saturated heterocycles. The summed E-state index contributed by atoms with van der Waals surface area (Å²) in [7, 11) is 0. The largest absolute Gasteiger partial charge is 0.478 e. The molecular formula is C14H16O2. The SMILES string of the molecule is C=C(C)/C=C\C(=C)C(=C)/C=C\C(=C)C(=O)O. The molecule has 0 aliphatic rings. The fourth-order valence-electron chi connectivity index (χ4n) is 0.729. The highest BCUT2D eigenvalue weighted by Gasteiger charge is 1.98. The first-order valence-electron chi connectivity index (χ1n) is 4.66. The minimum absolute atomic E-state index is 0.0119. The van der Waals surface area contributed by atoms with E-state index in [2.05, 4.69) is 26.3 Å². The molecule has 0 spiro atoms. The third-order valence-corrected chi connectivity index (χ3v) is 1.74. The van der Waals surface area contributed by atoms with Crippen molar-refractivity contribution in [1.29, 1.82) is 0 Å². The Labute approximate surface area is 96.3 Å². The lowest BCUT2D eigenvalue weighted by Gasteiger charge is -1.98. The number of hydrogen-bond acceptors (Lipinski definition) is 1. The van der Waals surface area contributed by atoms with Crippen LogP contribution in [0, 0.1) is 0 Å². The van der Waals surface area contributed by atoms with Crippen LogP contribution in [0.3, 0.4) is 0 Å². The summed E-state index contributed by atoms with van der Waals surface area (Å²) in [5, 5.41) is 8.58. The number of carboxylic acids is 1. The molecule has 0 aliphatic heterocycles. The quantitative estimate of drug-likeness (QED) is 0.545. The van der Waals surface area contributed by atoms with Crippen LogP contribution in [0.1, 0.15) is 6.92 Å². The van der Waals surface area contributed by atoms with Gasteiger partial charge in [0.15, 0.2) is 0 Å². The van der Waals surface area contributed by atoms with Crippen molar-refractivity contribution in [3.8, 4) is 0 Å². The first-order valence-corrected chi connectivity index (χ1v) is 4.66. The van der Waals surface area contributed by atoms with E-state index in [4.69, 9.17) is 5.11 Å². The van der Waals surface area contributed by atoms with E-state index in [1.165, 1.54) is 6.08 Å². The fourth-order valence-corrected chi connectivity index (χ4v) is 0.729. The molecular weight excluding hydrogens is 200 g/mol. The first kappa shape index (κ1) is 13.9. The van der Waals surface area contributed by atoms with Gasteiger partial charge in [0.2, 0.25) is 0 Å². The topological polar surface area (TPSA) is 37.3 Å². The standard InChI is InChI=1S/C14H16O2/c1-10(2)6-7-11(3)12(4)8-9-13(5)14(15)16/h6-9H,1,3-5H2,2H3,(H,15,16)/b7-6-,9-8-. The van der Waals surface area contributed by atoms with Crippen molar-refractivity contribution in [3.05, 3.63) is 72.9 Å². The Hall–Kier alpha value is -2.09. The summed E-state index contributed by atoms with van der Waals surface area (Å²) >= 11 is 0. The molecule has 0 atom stereocenters. The number of allylic oxidation sites excluding steroid dienone is 6. The predicted molar refractivity (Wildman–Crippen MR) is 68.1 cm³/mol. The summed E-state index contributed by atoms with van der Waals surface area (Å²) in [5.74, 6) is -1.05. The highest BCUT2D eigenvalue weighted by molar-refractivity contribution is 5.89. The molecule has 0 unspecified atom stereocenters. The molecule has 0 aromatic carbocycles. The molecule has 0 radical (unpaired) electrons. The van der Waals surface area contributed by atoms with Crippen LogP contribution < -0.4 is 0 Å². The zero-order valence-electron chi connectivity index (χ0n) is 9.49. The van der Waals surface area contributed by atoms with Crippen LogP contribution >= 0.6 is 0 Å². The zero-order valence-corrected chi connectivity index (χ0v) is 9.49. The molecule has 0 rings (SSSR count). The number of rotatable bonds is 6. The van der Waals surface area contributed by atoms with E-state index in [9.17, 15) is 4.79 Å². The summed E-state index contributed by atoms with van der Waals surface area (Å²) in [4.78, 5) is 10.5. The van der Waals surface area contributed by atoms with Gasteiger partial charge in [0.25, 0.3) is 0 Å². The van der Waals surface area contributed by atoms with Gasteiger partial charge < -0.3 is 5.11 Å². The highest BCUT2D eigenvalue weighted by atomic mass is 16.4. The van der Waals surface area contributed by atoms with Gasteiger partial charge in [-0.2, -0.15) is 0 Å². The van der Waals surface area contributed by atoms with E-state index in [0.717, 1.165) is 5.57 Å². The lowest BCUT2D eigenvalue weighted by atomic mass is 10.1. The van der Waals surface area contributed by atoms with Crippen molar-refractivity contribution in [3.63, 3.8) is 0 Å². The van der Waals surface area contributed by atoms with Crippen molar-refractivity contribution in [2.75, 3.05) is 0 Å². The third kappa shape index (κ3) is 5.60. The van der Waals surface area contributed by atoms with Crippen LogP contribution in [0.25, 0.3) is 0 Å². The molecule has 16 heavy (non-hydrogen) atoms. The van der Waals surface area contributed by atoms with Gasteiger partial charge >= 0.3 is 5.97 Å². The van der Waals surface area contributed by atoms with E-state index in [-0.39, 0.29) is 5.57 Å². The molecule has 2 nitrogen and oxygen atoms in total. The molecule has 0 aliphatic carbocycles. The fraction of sp³-hybridized carbons (Fsp3) is 0.0714.